The zero-order valence-corrected chi connectivity index (χ0v) is 9.72. The fraction of sp³-hybridized carbons (Fsp3) is 0.385. The van der Waals surface area contributed by atoms with Gasteiger partial charge in [0.2, 0.25) is 0 Å². The summed E-state index contributed by atoms with van der Waals surface area (Å²) in [5.74, 6) is 0. The number of unbranched alkanes of at least 4 members (excludes halogenated alkanes) is 1. The molecule has 3 heteroatoms. The lowest BCUT2D eigenvalue weighted by molar-refractivity contribution is 0.774. The predicted molar refractivity (Wildman–Crippen MR) is 69.8 cm³/mol. The van der Waals surface area contributed by atoms with E-state index in [1.165, 1.54) is 22.3 Å². The van der Waals surface area contributed by atoms with Gasteiger partial charge in [-0.25, -0.2) is 0 Å². The average molecular weight is 217 g/mol. The van der Waals surface area contributed by atoms with Crippen molar-refractivity contribution >= 4 is 16.6 Å². The maximum Gasteiger partial charge on any atom is 0.0628 e. The number of rotatable bonds is 5. The summed E-state index contributed by atoms with van der Waals surface area (Å²) in [5, 5.41) is 4.75. The number of aromatic nitrogens is 1. The molecular weight excluding hydrogens is 198 g/mol. The van der Waals surface area contributed by atoms with E-state index in [1.807, 2.05) is 0 Å². The molecule has 16 heavy (non-hydrogen) atoms. The molecule has 0 atom stereocenters. The van der Waals surface area contributed by atoms with Gasteiger partial charge in [0.1, 0.15) is 0 Å². The van der Waals surface area contributed by atoms with Crippen LogP contribution in [0.4, 0.5) is 5.69 Å². The van der Waals surface area contributed by atoms with Crippen molar-refractivity contribution in [3.05, 3.63) is 30.0 Å². The van der Waals surface area contributed by atoms with Crippen molar-refractivity contribution in [2.45, 2.75) is 19.8 Å². The number of aromatic amines is 1. The summed E-state index contributed by atoms with van der Waals surface area (Å²) in [5.41, 5.74) is 9.10. The Morgan fingerprint density at radius 3 is 2.88 bits per heavy atom. The Labute approximate surface area is 96.0 Å². The Morgan fingerprint density at radius 2 is 2.06 bits per heavy atom. The Bertz CT molecular complexity index is 459. The first kappa shape index (κ1) is 11.0. The number of nitrogens with one attached hydrogen (secondary N) is 2. The number of aryl methyl sites for hydroxylation is 1. The molecule has 1 heterocycles. The number of hydrogen-bond donors (Lipinski definition) is 3. The molecule has 0 aliphatic rings. The van der Waals surface area contributed by atoms with Gasteiger partial charge in [-0.3, -0.25) is 0 Å². The fourth-order valence-electron chi connectivity index (χ4n) is 1.99. The molecule has 1 aromatic carbocycles. The molecule has 0 bridgehead atoms. The van der Waals surface area contributed by atoms with E-state index in [2.05, 4.69) is 41.5 Å². The summed E-state index contributed by atoms with van der Waals surface area (Å²) in [7, 11) is 0. The van der Waals surface area contributed by atoms with Crippen molar-refractivity contribution in [3.8, 4) is 0 Å². The quantitative estimate of drug-likeness (QED) is 0.674. The third kappa shape index (κ3) is 2.19. The molecule has 1 aromatic heterocycles. The number of H-pyrrole nitrogens is 1. The summed E-state index contributed by atoms with van der Waals surface area (Å²) in [6.45, 7) is 3.86. The zero-order chi connectivity index (χ0) is 11.4. The van der Waals surface area contributed by atoms with Crippen LogP contribution in [0.5, 0.6) is 0 Å². The van der Waals surface area contributed by atoms with Crippen molar-refractivity contribution < 1.29 is 0 Å². The van der Waals surface area contributed by atoms with E-state index in [1.54, 1.807) is 0 Å². The van der Waals surface area contributed by atoms with Gasteiger partial charge in [0.05, 0.1) is 5.69 Å². The highest BCUT2D eigenvalue weighted by Gasteiger charge is 2.06. The van der Waals surface area contributed by atoms with Crippen molar-refractivity contribution in [2.75, 3.05) is 18.4 Å². The van der Waals surface area contributed by atoms with Crippen LogP contribution >= 0.6 is 0 Å². The Hall–Kier alpha value is -1.48. The van der Waals surface area contributed by atoms with E-state index >= 15 is 0 Å². The van der Waals surface area contributed by atoms with Crippen molar-refractivity contribution in [3.63, 3.8) is 0 Å². The van der Waals surface area contributed by atoms with E-state index < -0.39 is 0 Å². The van der Waals surface area contributed by atoms with Crippen LogP contribution in [-0.2, 0) is 0 Å². The number of fused-ring (bicyclic) bond motifs is 1. The minimum Gasteiger partial charge on any atom is -0.383 e. The van der Waals surface area contributed by atoms with Crippen LogP contribution in [0.1, 0.15) is 18.5 Å². The van der Waals surface area contributed by atoms with Gasteiger partial charge in [0.15, 0.2) is 0 Å². The molecular formula is C13H19N3. The second kappa shape index (κ2) is 5.03. The van der Waals surface area contributed by atoms with E-state index in [0.29, 0.717) is 0 Å². The van der Waals surface area contributed by atoms with Crippen LogP contribution in [0.25, 0.3) is 10.9 Å². The van der Waals surface area contributed by atoms with E-state index in [-0.39, 0.29) is 0 Å². The predicted octanol–water partition coefficient (Wildman–Crippen LogP) is 2.63. The largest absolute Gasteiger partial charge is 0.383 e. The Morgan fingerprint density at radius 1 is 1.25 bits per heavy atom. The highest BCUT2D eigenvalue weighted by atomic mass is 14.9. The molecule has 0 aliphatic carbocycles. The maximum atomic E-state index is 5.47. The highest BCUT2D eigenvalue weighted by molar-refractivity contribution is 5.94. The number of para-hydroxylation sites is 1. The molecule has 2 aromatic rings. The normalized spacial score (nSPS) is 10.9. The van der Waals surface area contributed by atoms with Gasteiger partial charge >= 0.3 is 0 Å². The lowest BCUT2D eigenvalue weighted by atomic mass is 10.2. The van der Waals surface area contributed by atoms with Gasteiger partial charge in [0.25, 0.3) is 0 Å². The molecule has 0 saturated carbocycles. The number of hydrogen-bond acceptors (Lipinski definition) is 2. The molecule has 0 radical (unpaired) electrons. The molecule has 0 saturated heterocycles. The van der Waals surface area contributed by atoms with E-state index in [0.717, 1.165) is 25.9 Å². The molecule has 2 rings (SSSR count). The van der Waals surface area contributed by atoms with Crippen LogP contribution in [0.15, 0.2) is 24.3 Å². The van der Waals surface area contributed by atoms with E-state index in [4.69, 9.17) is 5.73 Å². The molecule has 0 spiro atoms. The summed E-state index contributed by atoms with van der Waals surface area (Å²) in [6, 6.07) is 8.37. The zero-order valence-electron chi connectivity index (χ0n) is 9.72. The Kier molecular flexibility index (Phi) is 3.47. The lowest BCUT2D eigenvalue weighted by Crippen LogP contribution is -2.05. The lowest BCUT2D eigenvalue weighted by Gasteiger charge is -2.05. The second-order valence-electron chi connectivity index (χ2n) is 4.09. The first-order valence-electron chi connectivity index (χ1n) is 5.84. The monoisotopic (exact) mass is 217 g/mol. The van der Waals surface area contributed by atoms with Crippen LogP contribution in [0, 0.1) is 6.92 Å². The molecule has 4 N–H and O–H groups in total. The number of benzene rings is 1. The first-order valence-corrected chi connectivity index (χ1v) is 5.84. The van der Waals surface area contributed by atoms with Crippen molar-refractivity contribution in [1.29, 1.82) is 0 Å². The third-order valence-electron chi connectivity index (χ3n) is 2.83. The van der Waals surface area contributed by atoms with Crippen molar-refractivity contribution in [2.24, 2.45) is 5.73 Å². The second-order valence-corrected chi connectivity index (χ2v) is 4.09. The minimum absolute atomic E-state index is 0.772. The van der Waals surface area contributed by atoms with Gasteiger partial charge in [0, 0.05) is 23.1 Å². The fourth-order valence-corrected chi connectivity index (χ4v) is 1.99. The number of nitrogens with two attached hydrogens (primary N) is 1. The smallest absolute Gasteiger partial charge is 0.0628 e. The summed E-state index contributed by atoms with van der Waals surface area (Å²) < 4.78 is 0. The highest BCUT2D eigenvalue weighted by Crippen LogP contribution is 2.26. The molecule has 0 unspecified atom stereocenters. The third-order valence-corrected chi connectivity index (χ3v) is 2.83. The number of anilines is 1. The topological polar surface area (TPSA) is 53.8 Å². The maximum absolute atomic E-state index is 5.47. The molecule has 3 nitrogen and oxygen atoms in total. The molecule has 0 fully saturated rings. The van der Waals surface area contributed by atoms with Crippen LogP contribution in [0.2, 0.25) is 0 Å². The van der Waals surface area contributed by atoms with Gasteiger partial charge < -0.3 is 16.0 Å². The van der Waals surface area contributed by atoms with Gasteiger partial charge in [-0.1, -0.05) is 18.2 Å². The van der Waals surface area contributed by atoms with Gasteiger partial charge in [-0.05, 0) is 32.4 Å². The van der Waals surface area contributed by atoms with Crippen LogP contribution < -0.4 is 11.1 Å². The molecule has 0 aliphatic heterocycles. The van der Waals surface area contributed by atoms with Gasteiger partial charge in [-0.2, -0.15) is 0 Å². The van der Waals surface area contributed by atoms with Gasteiger partial charge in [-0.15, -0.1) is 0 Å². The van der Waals surface area contributed by atoms with Crippen LogP contribution in [-0.4, -0.2) is 18.1 Å². The summed E-state index contributed by atoms with van der Waals surface area (Å²) >= 11 is 0. The van der Waals surface area contributed by atoms with Crippen LogP contribution in [0.3, 0.4) is 0 Å². The van der Waals surface area contributed by atoms with E-state index in [9.17, 15) is 0 Å². The minimum atomic E-state index is 0.772. The molecule has 86 valence electrons. The molecule has 0 amide bonds. The standard InChI is InChI=1S/C13H19N3/c1-10-13(15-9-5-4-8-14)11-6-2-3-7-12(11)16-10/h2-3,6-7,15-16H,4-5,8-9,14H2,1H3. The average Bonchev–Trinajstić information content (AvgIpc) is 2.61. The Balaban J connectivity index is 2.13. The summed E-state index contributed by atoms with van der Waals surface area (Å²) in [4.78, 5) is 3.38. The summed E-state index contributed by atoms with van der Waals surface area (Å²) in [6.07, 6.45) is 2.20. The SMILES string of the molecule is Cc1[nH]c2ccccc2c1NCCCCN. The van der Waals surface area contributed by atoms with Crippen molar-refractivity contribution in [1.82, 2.24) is 4.98 Å². The first-order chi connectivity index (χ1) is 7.83.